The molecule has 1 heterocycles. The lowest BCUT2D eigenvalue weighted by molar-refractivity contribution is -0.136. The van der Waals surface area contributed by atoms with Crippen LogP contribution in [0.2, 0.25) is 0 Å². The number of aromatic nitrogens is 1. The first kappa shape index (κ1) is 13.3. The van der Waals surface area contributed by atoms with E-state index in [1.807, 2.05) is 0 Å². The van der Waals surface area contributed by atoms with Crippen molar-refractivity contribution in [3.63, 3.8) is 0 Å². The van der Waals surface area contributed by atoms with Crippen LogP contribution < -0.4 is 10.5 Å². The lowest BCUT2D eigenvalue weighted by atomic mass is 10.0. The van der Waals surface area contributed by atoms with Crippen molar-refractivity contribution in [1.82, 2.24) is 4.98 Å². The van der Waals surface area contributed by atoms with E-state index in [1.54, 1.807) is 0 Å². The van der Waals surface area contributed by atoms with E-state index in [4.69, 9.17) is 15.6 Å². The summed E-state index contributed by atoms with van der Waals surface area (Å²) in [5.41, 5.74) is 5.20. The number of alkyl halides is 2. The minimum absolute atomic E-state index is 0.0780. The van der Waals surface area contributed by atoms with E-state index >= 15 is 0 Å². The number of nitrogens with two attached hydrogens (primary N) is 1. The maximum atomic E-state index is 12.9. The van der Waals surface area contributed by atoms with Gasteiger partial charge in [0.2, 0.25) is 5.88 Å². The number of pyridine rings is 1. The summed E-state index contributed by atoms with van der Waals surface area (Å²) in [6, 6.07) is 0. The predicted octanol–water partition coefficient (Wildman–Crippen LogP) is 1.11. The first-order valence-electron chi connectivity index (χ1n) is 4.75. The monoisotopic (exact) mass is 246 g/mol. The Labute approximate surface area is 96.2 Å². The fourth-order valence-electron chi connectivity index (χ4n) is 1.53. The molecule has 0 bridgehead atoms. The van der Waals surface area contributed by atoms with Gasteiger partial charge in [-0.3, -0.25) is 4.79 Å². The fourth-order valence-corrected chi connectivity index (χ4v) is 1.53. The second-order valence-electron chi connectivity index (χ2n) is 3.26. The molecule has 94 valence electrons. The van der Waals surface area contributed by atoms with Crippen molar-refractivity contribution < 1.29 is 23.4 Å². The van der Waals surface area contributed by atoms with Gasteiger partial charge in [0.25, 0.3) is 6.43 Å². The zero-order valence-corrected chi connectivity index (χ0v) is 9.11. The third-order valence-electron chi connectivity index (χ3n) is 2.24. The molecule has 0 aromatic carbocycles. The largest absolute Gasteiger partial charge is 0.481 e. The van der Waals surface area contributed by atoms with Crippen LogP contribution >= 0.6 is 0 Å². The van der Waals surface area contributed by atoms with E-state index in [1.165, 1.54) is 13.3 Å². The molecule has 0 radical (unpaired) electrons. The van der Waals surface area contributed by atoms with E-state index in [0.717, 1.165) is 0 Å². The molecular formula is C10H12F2N2O3. The second-order valence-corrected chi connectivity index (χ2v) is 3.26. The maximum absolute atomic E-state index is 12.9. The van der Waals surface area contributed by atoms with Crippen molar-refractivity contribution in [2.45, 2.75) is 19.4 Å². The number of methoxy groups -OCH3 is 1. The minimum atomic E-state index is -2.82. The number of carboxylic acid groups (broad SMARTS) is 1. The van der Waals surface area contributed by atoms with Gasteiger partial charge in [-0.2, -0.15) is 0 Å². The molecule has 0 unspecified atom stereocenters. The van der Waals surface area contributed by atoms with Gasteiger partial charge in [0.1, 0.15) is 0 Å². The average Bonchev–Trinajstić information content (AvgIpc) is 2.27. The van der Waals surface area contributed by atoms with Crippen molar-refractivity contribution >= 4 is 5.97 Å². The number of ether oxygens (including phenoxy) is 1. The van der Waals surface area contributed by atoms with E-state index in [-0.39, 0.29) is 23.6 Å². The highest BCUT2D eigenvalue weighted by molar-refractivity contribution is 5.71. The molecule has 1 aromatic heterocycles. The first-order chi connectivity index (χ1) is 8.01. The summed E-state index contributed by atoms with van der Waals surface area (Å²) in [6.07, 6.45) is -2.02. The van der Waals surface area contributed by atoms with Gasteiger partial charge >= 0.3 is 5.97 Å². The number of carbonyl (C=O) groups is 1. The highest BCUT2D eigenvalue weighted by Gasteiger charge is 2.23. The smallest absolute Gasteiger partial charge is 0.307 e. The van der Waals surface area contributed by atoms with Crippen LogP contribution in [0.3, 0.4) is 0 Å². The van der Waals surface area contributed by atoms with Gasteiger partial charge in [0.15, 0.2) is 0 Å². The van der Waals surface area contributed by atoms with Crippen molar-refractivity contribution in [2.24, 2.45) is 5.73 Å². The molecule has 3 N–H and O–H groups in total. The van der Waals surface area contributed by atoms with E-state index < -0.39 is 24.4 Å². The lowest BCUT2D eigenvalue weighted by Gasteiger charge is -2.14. The lowest BCUT2D eigenvalue weighted by Crippen LogP contribution is -2.12. The molecule has 0 saturated heterocycles. The van der Waals surface area contributed by atoms with Gasteiger partial charge in [-0.15, -0.1) is 0 Å². The molecule has 0 aliphatic heterocycles. The zero-order valence-electron chi connectivity index (χ0n) is 9.11. The molecule has 17 heavy (non-hydrogen) atoms. The topological polar surface area (TPSA) is 85.4 Å². The molecule has 0 aliphatic carbocycles. The predicted molar refractivity (Wildman–Crippen MR) is 55.0 cm³/mol. The zero-order chi connectivity index (χ0) is 13.0. The van der Waals surface area contributed by atoms with Crippen LogP contribution in [0.5, 0.6) is 5.88 Å². The van der Waals surface area contributed by atoms with Crippen LogP contribution in [0.25, 0.3) is 0 Å². The van der Waals surface area contributed by atoms with Gasteiger partial charge in [-0.1, -0.05) is 0 Å². The Morgan fingerprint density at radius 1 is 1.65 bits per heavy atom. The molecular weight excluding hydrogens is 234 g/mol. The molecule has 1 rings (SSSR count). The Balaban J connectivity index is 3.35. The van der Waals surface area contributed by atoms with Crippen molar-refractivity contribution in [3.05, 3.63) is 22.9 Å². The molecule has 0 fully saturated rings. The summed E-state index contributed by atoms with van der Waals surface area (Å²) < 4.78 is 30.4. The van der Waals surface area contributed by atoms with Gasteiger partial charge in [-0.25, -0.2) is 13.8 Å². The van der Waals surface area contributed by atoms with Crippen LogP contribution in [0.15, 0.2) is 6.20 Å². The van der Waals surface area contributed by atoms with Crippen LogP contribution in [-0.4, -0.2) is 23.2 Å². The Hall–Kier alpha value is -1.76. The standard InChI is InChI=1S/C10H12F2N2O3/c1-17-10-8(9(11)12)6(3-13)5(4-14-10)2-7(15)16/h4,9H,2-3,13H2,1H3,(H,15,16). The van der Waals surface area contributed by atoms with Crippen LogP contribution in [0.4, 0.5) is 8.78 Å². The average molecular weight is 246 g/mol. The number of rotatable bonds is 5. The Morgan fingerprint density at radius 3 is 2.71 bits per heavy atom. The number of halogens is 2. The van der Waals surface area contributed by atoms with Gasteiger partial charge in [-0.05, 0) is 11.1 Å². The van der Waals surface area contributed by atoms with Crippen molar-refractivity contribution in [3.8, 4) is 5.88 Å². The van der Waals surface area contributed by atoms with E-state index in [0.29, 0.717) is 0 Å². The number of aliphatic carboxylic acids is 1. The van der Waals surface area contributed by atoms with Gasteiger partial charge < -0.3 is 15.6 Å². The third kappa shape index (κ3) is 2.88. The number of nitrogens with zero attached hydrogens (tertiary/aromatic N) is 1. The summed E-state index contributed by atoms with van der Waals surface area (Å²) >= 11 is 0. The quantitative estimate of drug-likeness (QED) is 0.812. The summed E-state index contributed by atoms with van der Waals surface area (Å²) in [5.74, 6) is -1.36. The SMILES string of the molecule is COc1ncc(CC(=O)O)c(CN)c1C(F)F. The highest BCUT2D eigenvalue weighted by Crippen LogP contribution is 2.32. The molecule has 0 atom stereocenters. The van der Waals surface area contributed by atoms with Crippen LogP contribution in [0.1, 0.15) is 23.1 Å². The van der Waals surface area contributed by atoms with E-state index in [2.05, 4.69) is 4.98 Å². The fraction of sp³-hybridized carbons (Fsp3) is 0.400. The Bertz CT molecular complexity index is 424. The normalized spacial score (nSPS) is 10.6. The summed E-state index contributed by atoms with van der Waals surface area (Å²) in [5, 5.41) is 8.66. The molecule has 0 amide bonds. The first-order valence-corrected chi connectivity index (χ1v) is 4.75. The number of hydrogen-bond donors (Lipinski definition) is 2. The highest BCUT2D eigenvalue weighted by atomic mass is 19.3. The van der Waals surface area contributed by atoms with Crippen LogP contribution in [0, 0.1) is 0 Å². The number of carboxylic acids is 1. The molecule has 7 heteroatoms. The van der Waals surface area contributed by atoms with Crippen molar-refractivity contribution in [2.75, 3.05) is 7.11 Å². The third-order valence-corrected chi connectivity index (χ3v) is 2.24. The van der Waals surface area contributed by atoms with E-state index in [9.17, 15) is 13.6 Å². The molecule has 5 nitrogen and oxygen atoms in total. The number of hydrogen-bond acceptors (Lipinski definition) is 4. The molecule has 1 aromatic rings. The summed E-state index contributed by atoms with van der Waals surface area (Å²) in [7, 11) is 1.21. The second kappa shape index (κ2) is 5.53. The minimum Gasteiger partial charge on any atom is -0.481 e. The Morgan fingerprint density at radius 2 is 2.29 bits per heavy atom. The van der Waals surface area contributed by atoms with Crippen LogP contribution in [-0.2, 0) is 17.8 Å². The van der Waals surface area contributed by atoms with Crippen molar-refractivity contribution in [1.29, 1.82) is 0 Å². The molecule has 0 saturated carbocycles. The summed E-state index contributed by atoms with van der Waals surface area (Å²) in [4.78, 5) is 14.2. The summed E-state index contributed by atoms with van der Waals surface area (Å²) in [6.45, 7) is -0.193. The van der Waals surface area contributed by atoms with Gasteiger partial charge in [0.05, 0.1) is 19.1 Å². The Kier molecular flexibility index (Phi) is 4.33. The maximum Gasteiger partial charge on any atom is 0.307 e. The van der Waals surface area contributed by atoms with Gasteiger partial charge in [0, 0.05) is 12.7 Å². The molecule has 0 aliphatic rings. The molecule has 0 spiro atoms.